The molecule has 0 unspecified atom stereocenters. The summed E-state index contributed by atoms with van der Waals surface area (Å²) in [6, 6.07) is 2.45. The van der Waals surface area contributed by atoms with Crippen molar-refractivity contribution in [1.82, 2.24) is 9.97 Å². The van der Waals surface area contributed by atoms with Crippen molar-refractivity contribution in [2.75, 3.05) is 0 Å². The normalized spacial score (nSPS) is 10.5. The number of hydrogen-bond donors (Lipinski definition) is 1. The molecular weight excluding hydrogens is 244 g/mol. The van der Waals surface area contributed by atoms with Crippen LogP contribution in [0.15, 0.2) is 40.6 Å². The highest BCUT2D eigenvalue weighted by Crippen LogP contribution is 2.30. The Hall–Kier alpha value is -1.53. The van der Waals surface area contributed by atoms with Crippen LogP contribution in [0.1, 0.15) is 5.56 Å². The molecule has 0 atom stereocenters. The first-order chi connectivity index (χ1) is 8.20. The van der Waals surface area contributed by atoms with Crippen LogP contribution in [0, 0.1) is 11.6 Å². The van der Waals surface area contributed by atoms with Gasteiger partial charge in [0, 0.05) is 18.9 Å². The van der Waals surface area contributed by atoms with Crippen molar-refractivity contribution in [3.63, 3.8) is 0 Å². The molecule has 0 saturated heterocycles. The number of aromatic nitrogens is 2. The Labute approximate surface area is 101 Å². The van der Waals surface area contributed by atoms with Crippen LogP contribution < -0.4 is 5.73 Å². The minimum Gasteiger partial charge on any atom is -0.326 e. The van der Waals surface area contributed by atoms with E-state index in [0.717, 1.165) is 11.8 Å². The lowest BCUT2D eigenvalue weighted by Crippen LogP contribution is -1.99. The van der Waals surface area contributed by atoms with Gasteiger partial charge in [-0.25, -0.2) is 13.8 Å². The van der Waals surface area contributed by atoms with E-state index in [1.54, 1.807) is 0 Å². The van der Waals surface area contributed by atoms with E-state index in [9.17, 15) is 8.78 Å². The van der Waals surface area contributed by atoms with Crippen LogP contribution >= 0.6 is 11.8 Å². The molecule has 2 rings (SSSR count). The van der Waals surface area contributed by atoms with Gasteiger partial charge in [0.1, 0.15) is 16.7 Å². The van der Waals surface area contributed by atoms with Crippen LogP contribution in [-0.2, 0) is 6.54 Å². The summed E-state index contributed by atoms with van der Waals surface area (Å²) < 4.78 is 27.2. The van der Waals surface area contributed by atoms with Crippen LogP contribution in [0.25, 0.3) is 0 Å². The highest BCUT2D eigenvalue weighted by atomic mass is 32.2. The second kappa shape index (κ2) is 5.20. The largest absolute Gasteiger partial charge is 0.326 e. The van der Waals surface area contributed by atoms with Crippen molar-refractivity contribution in [3.8, 4) is 0 Å². The second-order valence-corrected chi connectivity index (χ2v) is 4.27. The van der Waals surface area contributed by atoms with Gasteiger partial charge in [0.05, 0.1) is 11.1 Å². The summed E-state index contributed by atoms with van der Waals surface area (Å²) in [4.78, 5) is 7.67. The molecule has 1 aromatic heterocycles. The Balaban J connectivity index is 2.33. The molecule has 0 amide bonds. The zero-order valence-corrected chi connectivity index (χ0v) is 9.55. The van der Waals surface area contributed by atoms with Gasteiger partial charge in [0.15, 0.2) is 0 Å². The van der Waals surface area contributed by atoms with E-state index < -0.39 is 11.6 Å². The van der Waals surface area contributed by atoms with E-state index in [2.05, 4.69) is 9.97 Å². The zero-order chi connectivity index (χ0) is 12.3. The first kappa shape index (κ1) is 11.9. The van der Waals surface area contributed by atoms with Crippen molar-refractivity contribution >= 4 is 11.8 Å². The van der Waals surface area contributed by atoms with Gasteiger partial charge in [-0.3, -0.25) is 4.98 Å². The summed E-state index contributed by atoms with van der Waals surface area (Å²) in [6.07, 6.45) is 4.40. The average molecular weight is 253 g/mol. The van der Waals surface area contributed by atoms with Gasteiger partial charge in [-0.1, -0.05) is 11.8 Å². The lowest BCUT2D eigenvalue weighted by atomic mass is 10.2. The zero-order valence-electron chi connectivity index (χ0n) is 8.73. The van der Waals surface area contributed by atoms with Gasteiger partial charge in [-0.2, -0.15) is 0 Å². The van der Waals surface area contributed by atoms with E-state index in [-0.39, 0.29) is 11.4 Å². The number of benzene rings is 1. The molecule has 0 aliphatic carbocycles. The maximum Gasteiger partial charge on any atom is 0.140 e. The predicted octanol–water partition coefficient (Wildman–Crippen LogP) is 2.36. The van der Waals surface area contributed by atoms with Crippen molar-refractivity contribution in [3.05, 3.63) is 47.9 Å². The van der Waals surface area contributed by atoms with Gasteiger partial charge >= 0.3 is 0 Å². The fraction of sp³-hybridized carbons (Fsp3) is 0.0909. The number of hydrogen-bond acceptors (Lipinski definition) is 4. The van der Waals surface area contributed by atoms with Crippen LogP contribution in [0.3, 0.4) is 0 Å². The molecule has 1 heterocycles. The third kappa shape index (κ3) is 2.78. The number of rotatable bonds is 3. The minimum absolute atomic E-state index is 0.0947. The first-order valence-corrected chi connectivity index (χ1v) is 5.64. The first-order valence-electron chi connectivity index (χ1n) is 4.82. The molecule has 1 aromatic carbocycles. The maximum absolute atomic E-state index is 13.6. The van der Waals surface area contributed by atoms with Gasteiger partial charge in [0.25, 0.3) is 0 Å². The van der Waals surface area contributed by atoms with Crippen LogP contribution in [-0.4, -0.2) is 9.97 Å². The Morgan fingerprint density at radius 1 is 1.18 bits per heavy atom. The Kier molecular flexibility index (Phi) is 3.65. The van der Waals surface area contributed by atoms with E-state index >= 15 is 0 Å². The van der Waals surface area contributed by atoms with Crippen LogP contribution in [0.4, 0.5) is 8.78 Å². The highest BCUT2D eigenvalue weighted by Gasteiger charge is 2.13. The molecule has 2 N–H and O–H groups in total. The van der Waals surface area contributed by atoms with E-state index in [4.69, 9.17) is 5.73 Å². The van der Waals surface area contributed by atoms with E-state index in [0.29, 0.717) is 10.6 Å². The fourth-order valence-corrected chi connectivity index (χ4v) is 2.02. The Morgan fingerprint density at radius 2 is 1.88 bits per heavy atom. The van der Waals surface area contributed by atoms with Crippen LogP contribution in [0.5, 0.6) is 0 Å². The summed E-state index contributed by atoms with van der Waals surface area (Å²) >= 11 is 0.896. The van der Waals surface area contributed by atoms with Crippen molar-refractivity contribution in [2.45, 2.75) is 16.5 Å². The van der Waals surface area contributed by atoms with Crippen molar-refractivity contribution < 1.29 is 8.78 Å². The predicted molar refractivity (Wildman–Crippen MR) is 60.4 cm³/mol. The number of nitrogens with two attached hydrogens (primary N) is 1. The summed E-state index contributed by atoms with van der Waals surface area (Å²) in [5.41, 5.74) is 5.75. The third-order valence-electron chi connectivity index (χ3n) is 2.04. The molecule has 0 aliphatic rings. The molecule has 6 heteroatoms. The standard InChI is InChI=1S/C11H9F2N3S/c12-8-3-7(5-14)4-9(13)11(8)17-10-6-15-1-2-16-10/h1-4,6H,5,14H2. The molecule has 0 radical (unpaired) electrons. The van der Waals surface area contributed by atoms with E-state index in [1.807, 2.05) is 0 Å². The molecule has 0 bridgehead atoms. The molecule has 0 spiro atoms. The average Bonchev–Trinajstić information content (AvgIpc) is 2.35. The monoisotopic (exact) mass is 253 g/mol. The van der Waals surface area contributed by atoms with Crippen LogP contribution in [0.2, 0.25) is 0 Å². The molecule has 0 aliphatic heterocycles. The second-order valence-electron chi connectivity index (χ2n) is 3.24. The molecule has 2 aromatic rings. The Bertz CT molecular complexity index is 496. The quantitative estimate of drug-likeness (QED) is 0.912. The molecule has 0 fully saturated rings. The summed E-state index contributed by atoms with van der Waals surface area (Å²) in [6.45, 7) is 0.101. The highest BCUT2D eigenvalue weighted by molar-refractivity contribution is 7.99. The molecular formula is C11H9F2N3S. The lowest BCUT2D eigenvalue weighted by molar-refractivity contribution is 0.537. The molecule has 3 nitrogen and oxygen atoms in total. The summed E-state index contributed by atoms with van der Waals surface area (Å²) in [5.74, 6) is -1.28. The summed E-state index contributed by atoms with van der Waals surface area (Å²) in [5, 5.41) is 0.436. The van der Waals surface area contributed by atoms with Gasteiger partial charge in [-0.15, -0.1) is 0 Å². The fourth-order valence-electron chi connectivity index (χ4n) is 1.27. The lowest BCUT2D eigenvalue weighted by Gasteiger charge is -2.05. The smallest absolute Gasteiger partial charge is 0.140 e. The number of nitrogens with zero attached hydrogens (tertiary/aromatic N) is 2. The number of halogens is 2. The molecule has 0 saturated carbocycles. The molecule has 17 heavy (non-hydrogen) atoms. The van der Waals surface area contributed by atoms with Crippen molar-refractivity contribution in [1.29, 1.82) is 0 Å². The third-order valence-corrected chi connectivity index (χ3v) is 3.05. The van der Waals surface area contributed by atoms with Crippen molar-refractivity contribution in [2.24, 2.45) is 5.73 Å². The SMILES string of the molecule is NCc1cc(F)c(Sc2cnccn2)c(F)c1. The maximum atomic E-state index is 13.6. The van der Waals surface area contributed by atoms with Gasteiger partial charge < -0.3 is 5.73 Å². The Morgan fingerprint density at radius 3 is 2.41 bits per heavy atom. The van der Waals surface area contributed by atoms with E-state index in [1.165, 1.54) is 30.7 Å². The van der Waals surface area contributed by atoms with Gasteiger partial charge in [0.2, 0.25) is 0 Å². The van der Waals surface area contributed by atoms with Gasteiger partial charge in [-0.05, 0) is 17.7 Å². The minimum atomic E-state index is -0.638. The molecule has 88 valence electrons. The summed E-state index contributed by atoms with van der Waals surface area (Å²) in [7, 11) is 0. The topological polar surface area (TPSA) is 51.8 Å².